The van der Waals surface area contributed by atoms with E-state index in [1.807, 2.05) is 30.3 Å². The van der Waals surface area contributed by atoms with Crippen LogP contribution in [0.2, 0.25) is 0 Å². The lowest BCUT2D eigenvalue weighted by Crippen LogP contribution is -2.15. The molecule has 1 heterocycles. The van der Waals surface area contributed by atoms with E-state index < -0.39 is 11.9 Å². The fraction of sp³-hybridized carbons (Fsp3) is 0.323. The van der Waals surface area contributed by atoms with Crippen molar-refractivity contribution < 1.29 is 23.8 Å². The van der Waals surface area contributed by atoms with Gasteiger partial charge in [0.1, 0.15) is 22.2 Å². The van der Waals surface area contributed by atoms with Crippen LogP contribution < -0.4 is 14.8 Å². The van der Waals surface area contributed by atoms with Crippen molar-refractivity contribution in [2.45, 2.75) is 46.0 Å². The van der Waals surface area contributed by atoms with Gasteiger partial charge in [0, 0.05) is 10.9 Å². The zero-order valence-electron chi connectivity index (χ0n) is 22.8. The number of esters is 1. The maximum Gasteiger partial charge on any atom is 0.341 e. The summed E-state index contributed by atoms with van der Waals surface area (Å²) in [4.78, 5) is 25.8. The number of unbranched alkanes of at least 4 members (excludes halogenated alkanes) is 3. The van der Waals surface area contributed by atoms with Crippen LogP contribution in [0.4, 0.5) is 5.00 Å². The Morgan fingerprint density at radius 1 is 1.03 bits per heavy atom. The van der Waals surface area contributed by atoms with Gasteiger partial charge in [0.2, 0.25) is 0 Å². The number of methoxy groups -OCH3 is 2. The highest BCUT2D eigenvalue weighted by molar-refractivity contribution is 7.15. The molecule has 0 fully saturated rings. The zero-order valence-corrected chi connectivity index (χ0v) is 23.7. The molecule has 0 spiro atoms. The minimum atomic E-state index is -0.632. The van der Waals surface area contributed by atoms with E-state index in [0.717, 1.165) is 31.2 Å². The third-order valence-electron chi connectivity index (χ3n) is 6.20. The molecule has 0 atom stereocenters. The van der Waals surface area contributed by atoms with Crippen molar-refractivity contribution >= 4 is 34.3 Å². The number of nitrogens with zero attached hydrogens (tertiary/aromatic N) is 1. The maximum absolute atomic E-state index is 13.1. The fourth-order valence-electron chi connectivity index (χ4n) is 3.98. The minimum absolute atomic E-state index is 0.122. The van der Waals surface area contributed by atoms with Gasteiger partial charge in [-0.15, -0.1) is 11.3 Å². The molecule has 3 aromatic rings. The van der Waals surface area contributed by atoms with Crippen molar-refractivity contribution in [2.24, 2.45) is 0 Å². The average Bonchev–Trinajstić information content (AvgIpc) is 3.38. The Kier molecular flexibility index (Phi) is 11.1. The molecule has 0 unspecified atom stereocenters. The number of carbonyl (C=O) groups is 2. The molecule has 1 amide bonds. The molecule has 7 nitrogen and oxygen atoms in total. The Bertz CT molecular complexity index is 1350. The van der Waals surface area contributed by atoms with Crippen molar-refractivity contribution in [1.29, 1.82) is 5.26 Å². The van der Waals surface area contributed by atoms with Gasteiger partial charge in [0.25, 0.3) is 5.91 Å². The number of ether oxygens (including phenoxy) is 3. The molecule has 0 saturated carbocycles. The molecule has 0 bridgehead atoms. The van der Waals surface area contributed by atoms with Crippen molar-refractivity contribution in [3.8, 4) is 28.7 Å². The standard InChI is InChI=1S/C31H34N2O5S/c1-5-7-8-9-16-38-26-15-12-22(18-27(26)36-3)17-24(19-32)29(34)33-30-28(31(35)37-4)25(20-39-30)23-13-10-21(6-2)11-14-23/h10-15,17-18,20H,5-9,16H2,1-4H3,(H,33,34)/b24-17+. The van der Waals surface area contributed by atoms with Crippen LogP contribution in [0.15, 0.2) is 53.4 Å². The number of hydrogen-bond acceptors (Lipinski definition) is 7. The fourth-order valence-corrected chi connectivity index (χ4v) is 4.93. The van der Waals surface area contributed by atoms with E-state index in [0.29, 0.717) is 34.2 Å². The molecule has 39 heavy (non-hydrogen) atoms. The molecule has 0 saturated heterocycles. The Balaban J connectivity index is 1.82. The van der Waals surface area contributed by atoms with Gasteiger partial charge in [0.05, 0.1) is 20.8 Å². The Hall–Kier alpha value is -4.09. The normalized spacial score (nSPS) is 11.0. The molecule has 1 N–H and O–H groups in total. The third-order valence-corrected chi connectivity index (χ3v) is 7.10. The first-order valence-corrected chi connectivity index (χ1v) is 13.9. The van der Waals surface area contributed by atoms with Crippen LogP contribution in [0.3, 0.4) is 0 Å². The molecule has 2 aromatic carbocycles. The number of nitriles is 1. The van der Waals surface area contributed by atoms with Crippen molar-refractivity contribution in [3.63, 3.8) is 0 Å². The topological polar surface area (TPSA) is 97.7 Å². The first kappa shape index (κ1) is 29.5. The van der Waals surface area contributed by atoms with Crippen molar-refractivity contribution in [2.75, 3.05) is 26.1 Å². The Morgan fingerprint density at radius 2 is 1.79 bits per heavy atom. The van der Waals surface area contributed by atoms with Crippen molar-refractivity contribution in [1.82, 2.24) is 0 Å². The number of carbonyl (C=O) groups excluding carboxylic acids is 2. The monoisotopic (exact) mass is 546 g/mol. The number of thiophene rings is 1. The molecule has 204 valence electrons. The highest BCUT2D eigenvalue weighted by Gasteiger charge is 2.23. The maximum atomic E-state index is 13.1. The predicted molar refractivity (Wildman–Crippen MR) is 155 cm³/mol. The average molecular weight is 547 g/mol. The first-order valence-electron chi connectivity index (χ1n) is 13.0. The predicted octanol–water partition coefficient (Wildman–Crippen LogP) is 7.28. The van der Waals surface area contributed by atoms with Crippen LogP contribution in [0.25, 0.3) is 17.2 Å². The molecule has 0 aliphatic rings. The van der Waals surface area contributed by atoms with E-state index in [1.165, 1.54) is 36.5 Å². The molecular weight excluding hydrogens is 512 g/mol. The second kappa shape index (κ2) is 14.7. The number of benzene rings is 2. The molecule has 1 aromatic heterocycles. The van der Waals surface area contributed by atoms with Crippen LogP contribution in [-0.2, 0) is 16.0 Å². The second-order valence-corrected chi connectivity index (χ2v) is 9.72. The quantitative estimate of drug-likeness (QED) is 0.105. The molecular formula is C31H34N2O5S. The number of rotatable bonds is 13. The van der Waals surface area contributed by atoms with E-state index in [-0.39, 0.29) is 11.1 Å². The minimum Gasteiger partial charge on any atom is -0.493 e. The van der Waals surface area contributed by atoms with E-state index in [4.69, 9.17) is 14.2 Å². The number of hydrogen-bond donors (Lipinski definition) is 1. The summed E-state index contributed by atoms with van der Waals surface area (Å²) in [6.45, 7) is 4.82. The number of anilines is 1. The lowest BCUT2D eigenvalue weighted by Gasteiger charge is -2.11. The second-order valence-electron chi connectivity index (χ2n) is 8.84. The van der Waals surface area contributed by atoms with E-state index >= 15 is 0 Å². The zero-order chi connectivity index (χ0) is 28.2. The van der Waals surface area contributed by atoms with Crippen LogP contribution in [0, 0.1) is 11.3 Å². The highest BCUT2D eigenvalue weighted by Crippen LogP contribution is 2.37. The summed E-state index contributed by atoms with van der Waals surface area (Å²) < 4.78 is 16.3. The smallest absolute Gasteiger partial charge is 0.341 e. The van der Waals surface area contributed by atoms with Crippen molar-refractivity contribution in [3.05, 3.63) is 70.1 Å². The van der Waals surface area contributed by atoms with Crippen LogP contribution >= 0.6 is 11.3 Å². The van der Waals surface area contributed by atoms with E-state index in [2.05, 4.69) is 19.2 Å². The van der Waals surface area contributed by atoms with E-state index in [9.17, 15) is 14.9 Å². The number of amides is 1. The molecule has 0 aliphatic heterocycles. The van der Waals surface area contributed by atoms with Gasteiger partial charge >= 0.3 is 5.97 Å². The summed E-state index contributed by atoms with van der Waals surface area (Å²) >= 11 is 1.20. The summed E-state index contributed by atoms with van der Waals surface area (Å²) in [6.07, 6.45) is 6.76. The van der Waals surface area contributed by atoms with Gasteiger partial charge in [-0.2, -0.15) is 5.26 Å². The van der Waals surface area contributed by atoms with Gasteiger partial charge in [-0.25, -0.2) is 4.79 Å². The molecule has 8 heteroatoms. The van der Waals surface area contributed by atoms with Crippen LogP contribution in [0.1, 0.15) is 61.0 Å². The summed E-state index contributed by atoms with van der Waals surface area (Å²) in [5.74, 6) is -0.0805. The first-order chi connectivity index (χ1) is 18.9. The number of nitrogens with one attached hydrogen (secondary N) is 1. The van der Waals surface area contributed by atoms with Crippen LogP contribution in [-0.4, -0.2) is 32.7 Å². The lowest BCUT2D eigenvalue weighted by molar-refractivity contribution is -0.112. The number of aryl methyl sites for hydroxylation is 1. The third kappa shape index (κ3) is 7.71. The van der Waals surface area contributed by atoms with Gasteiger partial charge in [-0.3, -0.25) is 4.79 Å². The highest BCUT2D eigenvalue weighted by atomic mass is 32.1. The largest absolute Gasteiger partial charge is 0.493 e. The lowest BCUT2D eigenvalue weighted by atomic mass is 10.0. The summed E-state index contributed by atoms with van der Waals surface area (Å²) in [5.41, 5.74) is 3.40. The summed E-state index contributed by atoms with van der Waals surface area (Å²) in [7, 11) is 2.84. The van der Waals surface area contributed by atoms with Crippen LogP contribution in [0.5, 0.6) is 11.5 Å². The summed E-state index contributed by atoms with van der Waals surface area (Å²) in [5, 5.41) is 14.6. The van der Waals surface area contributed by atoms with E-state index in [1.54, 1.807) is 30.7 Å². The Labute approximate surface area is 234 Å². The molecule has 0 radical (unpaired) electrons. The van der Waals surface area contributed by atoms with Gasteiger partial charge in [-0.1, -0.05) is 63.4 Å². The van der Waals surface area contributed by atoms with Gasteiger partial charge < -0.3 is 19.5 Å². The van der Waals surface area contributed by atoms with Gasteiger partial charge in [-0.05, 0) is 47.7 Å². The molecule has 0 aliphatic carbocycles. The van der Waals surface area contributed by atoms with Gasteiger partial charge in [0.15, 0.2) is 11.5 Å². The molecule has 3 rings (SSSR count). The summed E-state index contributed by atoms with van der Waals surface area (Å²) in [6, 6.07) is 15.1. The SMILES string of the molecule is CCCCCCOc1ccc(/C=C(\C#N)C(=O)Nc2scc(-c3ccc(CC)cc3)c2C(=O)OC)cc1OC. The Morgan fingerprint density at radius 3 is 2.44 bits per heavy atom.